The van der Waals surface area contributed by atoms with Gasteiger partial charge in [0.15, 0.2) is 6.10 Å². The van der Waals surface area contributed by atoms with Gasteiger partial charge in [0.05, 0.1) is 17.3 Å². The molecule has 0 aromatic rings. The number of hydrogen-bond acceptors (Lipinski definition) is 5. The number of aliphatic hydroxyl groups is 1. The van der Waals surface area contributed by atoms with E-state index in [2.05, 4.69) is 0 Å². The van der Waals surface area contributed by atoms with E-state index in [0.717, 1.165) is 4.90 Å². The van der Waals surface area contributed by atoms with Crippen LogP contribution in [0.5, 0.6) is 0 Å². The van der Waals surface area contributed by atoms with Crippen LogP contribution < -0.4 is 0 Å². The largest absolute Gasteiger partial charge is 0.396 e. The maximum atomic E-state index is 12.0. The molecule has 102 valence electrons. The van der Waals surface area contributed by atoms with Gasteiger partial charge < -0.3 is 5.11 Å². The zero-order chi connectivity index (χ0) is 13.4. The van der Waals surface area contributed by atoms with Crippen LogP contribution in [0.1, 0.15) is 12.8 Å². The van der Waals surface area contributed by atoms with Crippen molar-refractivity contribution in [2.24, 2.45) is 5.92 Å². The Hall–Kier alpha value is -0.690. The fourth-order valence-corrected chi connectivity index (χ4v) is 3.10. The number of likely N-dealkylation sites (N-methyl/N-ethyl adjacent to an activating group) is 1. The highest BCUT2D eigenvalue weighted by Crippen LogP contribution is 2.38. The minimum atomic E-state index is -0.743. The van der Waals surface area contributed by atoms with Crippen molar-refractivity contribution in [3.05, 3.63) is 0 Å². The second-order valence-electron chi connectivity index (χ2n) is 4.71. The number of aliphatic hydroxyl groups excluding tert-OH is 1. The minimum Gasteiger partial charge on any atom is -0.396 e. The average Bonchev–Trinajstić information content (AvgIpc) is 2.78. The van der Waals surface area contributed by atoms with Crippen LogP contribution in [0, 0.1) is 5.92 Å². The number of rotatable bonds is 4. The van der Waals surface area contributed by atoms with E-state index in [-0.39, 0.29) is 29.8 Å². The van der Waals surface area contributed by atoms with Gasteiger partial charge in [-0.1, -0.05) is 0 Å². The standard InChI is InChI=1S/C11H17ClN2O4/c1-13-10(16)7-8(6(12)4-3-5-15)14(2)18-9(7)11(13)17/h6-9,15H,3-5H2,1-2H3/t6-,7-,8-,9+/m0/s1. The third-order valence-electron chi connectivity index (χ3n) is 3.59. The molecule has 0 aromatic heterocycles. The maximum Gasteiger partial charge on any atom is 0.261 e. The fourth-order valence-electron chi connectivity index (χ4n) is 2.63. The molecule has 18 heavy (non-hydrogen) atoms. The number of hydrogen-bond donors (Lipinski definition) is 1. The van der Waals surface area contributed by atoms with Crippen LogP contribution >= 0.6 is 11.6 Å². The zero-order valence-electron chi connectivity index (χ0n) is 10.4. The summed E-state index contributed by atoms with van der Waals surface area (Å²) in [7, 11) is 3.14. The summed E-state index contributed by atoms with van der Waals surface area (Å²) in [6.07, 6.45) is 0.395. The van der Waals surface area contributed by atoms with Gasteiger partial charge in [-0.3, -0.25) is 19.3 Å². The van der Waals surface area contributed by atoms with Crippen LogP contribution in [0.3, 0.4) is 0 Å². The van der Waals surface area contributed by atoms with Crippen molar-refractivity contribution in [3.63, 3.8) is 0 Å². The molecule has 7 heteroatoms. The van der Waals surface area contributed by atoms with Gasteiger partial charge in [-0.25, -0.2) is 0 Å². The van der Waals surface area contributed by atoms with Crippen LogP contribution in [-0.4, -0.2) is 65.1 Å². The molecule has 2 aliphatic heterocycles. The van der Waals surface area contributed by atoms with E-state index in [4.69, 9.17) is 21.5 Å². The molecule has 2 fully saturated rings. The number of carbonyl (C=O) groups excluding carboxylic acids is 2. The molecule has 0 aliphatic carbocycles. The molecule has 0 aromatic carbocycles. The molecule has 0 bridgehead atoms. The van der Waals surface area contributed by atoms with Crippen molar-refractivity contribution >= 4 is 23.4 Å². The van der Waals surface area contributed by atoms with Crippen molar-refractivity contribution in [3.8, 4) is 0 Å². The number of imide groups is 1. The summed E-state index contributed by atoms with van der Waals surface area (Å²) < 4.78 is 0. The molecule has 4 atom stereocenters. The highest BCUT2D eigenvalue weighted by Gasteiger charge is 2.58. The maximum absolute atomic E-state index is 12.0. The number of likely N-dealkylation sites (tertiary alicyclic amines) is 1. The summed E-state index contributed by atoms with van der Waals surface area (Å²) in [5, 5.41) is 9.99. The van der Waals surface area contributed by atoms with Crippen molar-refractivity contribution in [1.29, 1.82) is 0 Å². The van der Waals surface area contributed by atoms with Gasteiger partial charge in [0, 0.05) is 20.7 Å². The molecule has 0 radical (unpaired) electrons. The molecule has 2 aliphatic rings. The topological polar surface area (TPSA) is 70.1 Å². The number of amides is 2. The summed E-state index contributed by atoms with van der Waals surface area (Å²) in [5.41, 5.74) is 0. The summed E-state index contributed by atoms with van der Waals surface area (Å²) in [5.74, 6) is -1.09. The first-order valence-corrected chi connectivity index (χ1v) is 6.38. The van der Waals surface area contributed by atoms with E-state index < -0.39 is 12.0 Å². The Kier molecular flexibility index (Phi) is 3.91. The molecule has 0 unspecified atom stereocenters. The van der Waals surface area contributed by atoms with E-state index in [0.29, 0.717) is 12.8 Å². The van der Waals surface area contributed by atoms with E-state index in [9.17, 15) is 9.59 Å². The Labute approximate surface area is 110 Å². The molecule has 2 saturated heterocycles. The van der Waals surface area contributed by atoms with Crippen molar-refractivity contribution in [2.45, 2.75) is 30.4 Å². The quantitative estimate of drug-likeness (QED) is 0.559. The summed E-state index contributed by atoms with van der Waals surface area (Å²) in [6.45, 7) is 0.0569. The Balaban J connectivity index is 2.16. The molecule has 0 saturated carbocycles. The van der Waals surface area contributed by atoms with E-state index >= 15 is 0 Å². The lowest BCUT2D eigenvalue weighted by molar-refractivity contribution is -0.168. The smallest absolute Gasteiger partial charge is 0.261 e. The minimum absolute atomic E-state index is 0.0569. The second kappa shape index (κ2) is 5.13. The van der Waals surface area contributed by atoms with E-state index in [1.54, 1.807) is 7.05 Å². The van der Waals surface area contributed by atoms with Gasteiger partial charge in [-0.2, -0.15) is 5.06 Å². The van der Waals surface area contributed by atoms with Gasteiger partial charge in [-0.05, 0) is 12.8 Å². The third kappa shape index (κ3) is 2.03. The Bertz CT molecular complexity index is 365. The van der Waals surface area contributed by atoms with Gasteiger partial charge in [0.2, 0.25) is 5.91 Å². The first kappa shape index (κ1) is 13.7. The van der Waals surface area contributed by atoms with Gasteiger partial charge >= 0.3 is 0 Å². The van der Waals surface area contributed by atoms with Crippen LogP contribution in [0.15, 0.2) is 0 Å². The lowest BCUT2D eigenvalue weighted by Crippen LogP contribution is -2.42. The first-order valence-electron chi connectivity index (χ1n) is 5.95. The number of fused-ring (bicyclic) bond motifs is 1. The first-order chi connectivity index (χ1) is 8.49. The van der Waals surface area contributed by atoms with Crippen LogP contribution in [0.25, 0.3) is 0 Å². The van der Waals surface area contributed by atoms with Gasteiger partial charge in [-0.15, -0.1) is 11.6 Å². The van der Waals surface area contributed by atoms with E-state index in [1.807, 2.05) is 0 Å². The lowest BCUT2D eigenvalue weighted by Gasteiger charge is -2.26. The van der Waals surface area contributed by atoms with Crippen molar-refractivity contribution < 1.29 is 19.5 Å². The Morgan fingerprint density at radius 3 is 2.67 bits per heavy atom. The normalized spacial score (nSPS) is 34.2. The summed E-state index contributed by atoms with van der Waals surface area (Å²) in [6, 6.07) is -0.329. The second-order valence-corrected chi connectivity index (χ2v) is 5.27. The van der Waals surface area contributed by atoms with Crippen LogP contribution in [-0.2, 0) is 14.4 Å². The third-order valence-corrected chi connectivity index (χ3v) is 4.07. The molecular formula is C11H17ClN2O4. The molecule has 1 N–H and O–H groups in total. The number of nitrogens with zero attached hydrogens (tertiary/aromatic N) is 2. The zero-order valence-corrected chi connectivity index (χ0v) is 11.1. The van der Waals surface area contributed by atoms with Crippen LogP contribution in [0.4, 0.5) is 0 Å². The average molecular weight is 277 g/mol. The van der Waals surface area contributed by atoms with Crippen molar-refractivity contribution in [1.82, 2.24) is 9.96 Å². The predicted molar refractivity (Wildman–Crippen MR) is 63.7 cm³/mol. The fraction of sp³-hybridized carbons (Fsp3) is 0.818. The Morgan fingerprint density at radius 2 is 2.06 bits per heavy atom. The van der Waals surface area contributed by atoms with Crippen molar-refractivity contribution in [2.75, 3.05) is 20.7 Å². The summed E-state index contributed by atoms with van der Waals surface area (Å²) >= 11 is 6.27. The van der Waals surface area contributed by atoms with Gasteiger partial charge in [0.25, 0.3) is 5.91 Å². The number of alkyl halides is 1. The van der Waals surface area contributed by atoms with Gasteiger partial charge in [0.1, 0.15) is 0 Å². The number of hydroxylamine groups is 2. The van der Waals surface area contributed by atoms with Crippen LogP contribution in [0.2, 0.25) is 0 Å². The lowest BCUT2D eigenvalue weighted by atomic mass is 9.92. The van der Waals surface area contributed by atoms with E-state index in [1.165, 1.54) is 12.1 Å². The monoisotopic (exact) mass is 276 g/mol. The SMILES string of the molecule is CN1C(=O)[C@H]2[C@H]([C@@H](Cl)CCCO)N(C)O[C@H]2C1=O. The molecule has 6 nitrogen and oxygen atoms in total. The number of carbonyl (C=O) groups is 2. The molecular weight excluding hydrogens is 260 g/mol. The highest BCUT2D eigenvalue weighted by molar-refractivity contribution is 6.21. The predicted octanol–water partition coefficient (Wildman–Crippen LogP) is -0.405. The molecule has 2 amide bonds. The molecule has 2 rings (SSSR count). The highest BCUT2D eigenvalue weighted by atomic mass is 35.5. The number of halogens is 1. The molecule has 2 heterocycles. The Morgan fingerprint density at radius 1 is 1.39 bits per heavy atom. The summed E-state index contributed by atoms with van der Waals surface area (Å²) in [4.78, 5) is 30.3. The molecule has 0 spiro atoms.